The zero-order valence-corrected chi connectivity index (χ0v) is 13.9. The highest BCUT2D eigenvalue weighted by Gasteiger charge is 2.14. The number of hydrogen-bond acceptors (Lipinski definition) is 2. The molecule has 0 saturated heterocycles. The van der Waals surface area contributed by atoms with Gasteiger partial charge in [-0.3, -0.25) is 0 Å². The average Bonchev–Trinajstić information content (AvgIpc) is 3.04. The van der Waals surface area contributed by atoms with Crippen LogP contribution in [0.5, 0.6) is 0 Å². The first kappa shape index (κ1) is 14.5. The number of benzene rings is 2. The van der Waals surface area contributed by atoms with Gasteiger partial charge in [0.05, 0.1) is 5.56 Å². The van der Waals surface area contributed by atoms with Crippen LogP contribution < -0.4 is 0 Å². The van der Waals surface area contributed by atoms with E-state index in [0.29, 0.717) is 5.56 Å². The number of rotatable bonds is 2. The van der Waals surface area contributed by atoms with Gasteiger partial charge >= 0.3 is 5.97 Å². The van der Waals surface area contributed by atoms with Crippen molar-refractivity contribution in [2.24, 2.45) is 0 Å². The minimum Gasteiger partial charge on any atom is -0.478 e. The summed E-state index contributed by atoms with van der Waals surface area (Å²) in [4.78, 5) is 12.1. The molecule has 3 heteroatoms. The number of aryl methyl sites for hydroxylation is 3. The fraction of sp³-hybridized carbons (Fsp3) is 0.250. The average molecular weight is 322 g/mol. The maximum atomic E-state index is 11.1. The Morgan fingerprint density at radius 2 is 1.83 bits per heavy atom. The van der Waals surface area contributed by atoms with Gasteiger partial charge in [0, 0.05) is 10.3 Å². The topological polar surface area (TPSA) is 37.3 Å². The number of hydrogen-bond donors (Lipinski definition) is 1. The van der Waals surface area contributed by atoms with Crippen LogP contribution in [0.25, 0.3) is 21.2 Å². The second-order valence-corrected chi connectivity index (χ2v) is 7.20. The van der Waals surface area contributed by atoms with Crippen molar-refractivity contribution in [2.45, 2.75) is 32.6 Å². The molecule has 4 rings (SSSR count). The zero-order chi connectivity index (χ0) is 16.0. The van der Waals surface area contributed by atoms with Crippen molar-refractivity contribution in [1.82, 2.24) is 0 Å². The SMILES string of the molecule is Cc1c(-c2cc(C(=O)O)cs2)ccc2cc3c(cc12)CCCC3. The van der Waals surface area contributed by atoms with E-state index in [4.69, 9.17) is 5.11 Å². The van der Waals surface area contributed by atoms with Gasteiger partial charge in [-0.2, -0.15) is 0 Å². The van der Waals surface area contributed by atoms with Crippen molar-refractivity contribution in [3.63, 3.8) is 0 Å². The molecule has 0 saturated carbocycles. The third-order valence-corrected chi connectivity index (χ3v) is 5.83. The molecule has 0 fully saturated rings. The Morgan fingerprint density at radius 3 is 2.52 bits per heavy atom. The lowest BCUT2D eigenvalue weighted by Gasteiger charge is -2.18. The first-order valence-corrected chi connectivity index (χ1v) is 8.89. The lowest BCUT2D eigenvalue weighted by atomic mass is 9.87. The fourth-order valence-electron chi connectivity index (χ4n) is 3.57. The van der Waals surface area contributed by atoms with Crippen LogP contribution in [0.15, 0.2) is 35.7 Å². The molecule has 2 nitrogen and oxygen atoms in total. The Balaban J connectivity index is 1.88. The minimum absolute atomic E-state index is 0.370. The third kappa shape index (κ3) is 2.45. The van der Waals surface area contributed by atoms with Crippen LogP contribution in [0, 0.1) is 6.92 Å². The van der Waals surface area contributed by atoms with E-state index in [1.54, 1.807) is 11.4 Å². The first-order chi connectivity index (χ1) is 11.1. The molecule has 0 aliphatic heterocycles. The number of carboxylic acids is 1. The third-order valence-electron chi connectivity index (χ3n) is 4.86. The van der Waals surface area contributed by atoms with Crippen molar-refractivity contribution < 1.29 is 9.90 Å². The molecule has 116 valence electrons. The van der Waals surface area contributed by atoms with Crippen molar-refractivity contribution in [1.29, 1.82) is 0 Å². The number of fused-ring (bicyclic) bond motifs is 2. The highest BCUT2D eigenvalue weighted by Crippen LogP contribution is 2.36. The summed E-state index contributed by atoms with van der Waals surface area (Å²) >= 11 is 1.50. The largest absolute Gasteiger partial charge is 0.478 e. The second-order valence-electron chi connectivity index (χ2n) is 6.29. The van der Waals surface area contributed by atoms with Gasteiger partial charge in [-0.05, 0) is 71.7 Å². The molecule has 1 aliphatic rings. The molecule has 0 atom stereocenters. The second kappa shape index (κ2) is 5.50. The van der Waals surface area contributed by atoms with E-state index in [0.717, 1.165) is 10.4 Å². The van der Waals surface area contributed by atoms with Gasteiger partial charge < -0.3 is 5.11 Å². The highest BCUT2D eigenvalue weighted by atomic mass is 32.1. The van der Waals surface area contributed by atoms with E-state index in [2.05, 4.69) is 31.2 Å². The number of carbonyl (C=O) groups is 1. The van der Waals surface area contributed by atoms with Crippen molar-refractivity contribution in [2.75, 3.05) is 0 Å². The molecule has 3 aromatic rings. The summed E-state index contributed by atoms with van der Waals surface area (Å²) in [7, 11) is 0. The van der Waals surface area contributed by atoms with Gasteiger partial charge in [0.25, 0.3) is 0 Å². The summed E-state index contributed by atoms with van der Waals surface area (Å²) in [5.41, 5.74) is 5.75. The lowest BCUT2D eigenvalue weighted by molar-refractivity contribution is 0.0697. The molecule has 0 radical (unpaired) electrons. The number of thiophene rings is 1. The summed E-state index contributed by atoms with van der Waals surface area (Å²) in [5.74, 6) is -0.861. The molecule has 0 bridgehead atoms. The monoisotopic (exact) mass is 322 g/mol. The van der Waals surface area contributed by atoms with E-state index in [-0.39, 0.29) is 0 Å². The van der Waals surface area contributed by atoms with E-state index in [9.17, 15) is 4.79 Å². The quantitative estimate of drug-likeness (QED) is 0.681. The summed E-state index contributed by atoms with van der Waals surface area (Å²) in [5, 5.41) is 13.4. The van der Waals surface area contributed by atoms with Gasteiger partial charge in [-0.25, -0.2) is 4.79 Å². The summed E-state index contributed by atoms with van der Waals surface area (Å²) in [6.45, 7) is 2.15. The van der Waals surface area contributed by atoms with E-state index < -0.39 is 5.97 Å². The van der Waals surface area contributed by atoms with E-state index in [1.165, 1.54) is 64.5 Å². The summed E-state index contributed by atoms with van der Waals surface area (Å²) in [6, 6.07) is 10.8. The number of aromatic carboxylic acids is 1. The first-order valence-electron chi connectivity index (χ1n) is 8.01. The van der Waals surface area contributed by atoms with Gasteiger partial charge in [0.15, 0.2) is 0 Å². The molecule has 1 aromatic heterocycles. The Kier molecular flexibility index (Phi) is 3.46. The molecular formula is C20H18O2S. The molecular weight excluding hydrogens is 304 g/mol. The predicted octanol–water partition coefficient (Wildman–Crippen LogP) is 5.45. The molecule has 2 aromatic carbocycles. The summed E-state index contributed by atoms with van der Waals surface area (Å²) < 4.78 is 0. The van der Waals surface area contributed by atoms with Crippen LogP contribution in [0.1, 0.15) is 39.9 Å². The molecule has 1 N–H and O–H groups in total. The zero-order valence-electron chi connectivity index (χ0n) is 13.1. The molecule has 1 heterocycles. The number of carboxylic acid groups (broad SMARTS) is 1. The van der Waals surface area contributed by atoms with Crippen molar-refractivity contribution >= 4 is 28.1 Å². The van der Waals surface area contributed by atoms with Crippen LogP contribution in [0.2, 0.25) is 0 Å². The normalized spacial score (nSPS) is 14.0. The Morgan fingerprint density at radius 1 is 1.09 bits per heavy atom. The van der Waals surface area contributed by atoms with Gasteiger partial charge in [0.1, 0.15) is 0 Å². The van der Waals surface area contributed by atoms with Crippen molar-refractivity contribution in [3.05, 3.63) is 58.0 Å². The maximum Gasteiger partial charge on any atom is 0.336 e. The van der Waals surface area contributed by atoms with Crippen LogP contribution >= 0.6 is 11.3 Å². The maximum absolute atomic E-state index is 11.1. The standard InChI is InChI=1S/C20H18O2S/c1-12-17(19-10-16(11-23-19)20(21)22)7-6-15-8-13-4-2-3-5-14(13)9-18(12)15/h6-11H,2-5H2,1H3,(H,21,22). The molecule has 1 aliphatic carbocycles. The fourth-order valence-corrected chi connectivity index (χ4v) is 4.53. The molecule has 0 spiro atoms. The highest BCUT2D eigenvalue weighted by molar-refractivity contribution is 7.13. The van der Waals surface area contributed by atoms with E-state index in [1.807, 2.05) is 0 Å². The molecule has 23 heavy (non-hydrogen) atoms. The Bertz CT molecular complexity index is 921. The van der Waals surface area contributed by atoms with Gasteiger partial charge in [0.2, 0.25) is 0 Å². The van der Waals surface area contributed by atoms with Gasteiger partial charge in [-0.15, -0.1) is 11.3 Å². The van der Waals surface area contributed by atoms with Crippen molar-refractivity contribution in [3.8, 4) is 10.4 Å². The Hall–Kier alpha value is -2.13. The molecule has 0 amide bonds. The van der Waals surface area contributed by atoms with Crippen LogP contribution in [-0.2, 0) is 12.8 Å². The Labute approximate surface area is 139 Å². The van der Waals surface area contributed by atoms with Crippen LogP contribution in [-0.4, -0.2) is 11.1 Å². The van der Waals surface area contributed by atoms with Gasteiger partial charge in [-0.1, -0.05) is 24.3 Å². The summed E-state index contributed by atoms with van der Waals surface area (Å²) in [6.07, 6.45) is 4.95. The van der Waals surface area contributed by atoms with E-state index >= 15 is 0 Å². The van der Waals surface area contributed by atoms with Crippen LogP contribution in [0.4, 0.5) is 0 Å². The smallest absolute Gasteiger partial charge is 0.336 e. The van der Waals surface area contributed by atoms with Crippen LogP contribution in [0.3, 0.4) is 0 Å². The predicted molar refractivity (Wildman–Crippen MR) is 95.6 cm³/mol. The molecule has 0 unspecified atom stereocenters. The minimum atomic E-state index is -0.861. The lowest BCUT2D eigenvalue weighted by Crippen LogP contribution is -2.02.